The van der Waals surface area contributed by atoms with Gasteiger partial charge in [-0.25, -0.2) is 4.98 Å². The van der Waals surface area contributed by atoms with Crippen LogP contribution in [0.15, 0.2) is 72.8 Å². The standard InChI is InChI=1S/C29H31N3O3/c1-3-34-24-14-12-23(13-15-24)32-20-22(19-28(32)33)29-30-26-10-4-5-11-27(26)31(29)16-7-17-35-25-9-6-8-21(2)18-25/h4-6,8-15,18,22H,3,7,16-17,19-20H2,1-2H3. The first-order valence-electron chi connectivity index (χ1n) is 12.3. The van der Waals surface area contributed by atoms with Crippen molar-refractivity contribution in [3.63, 3.8) is 0 Å². The quantitative estimate of drug-likeness (QED) is 0.294. The van der Waals surface area contributed by atoms with Gasteiger partial charge < -0.3 is 18.9 Å². The maximum absolute atomic E-state index is 13.0. The highest BCUT2D eigenvalue weighted by molar-refractivity contribution is 5.96. The summed E-state index contributed by atoms with van der Waals surface area (Å²) in [5.41, 5.74) is 4.16. The van der Waals surface area contributed by atoms with Crippen molar-refractivity contribution in [2.24, 2.45) is 0 Å². The van der Waals surface area contributed by atoms with Crippen LogP contribution in [-0.2, 0) is 11.3 Å². The van der Waals surface area contributed by atoms with E-state index in [2.05, 4.69) is 29.7 Å². The second kappa shape index (κ2) is 10.2. The number of hydrogen-bond donors (Lipinski definition) is 0. The van der Waals surface area contributed by atoms with Gasteiger partial charge in [-0.1, -0.05) is 24.3 Å². The number of amides is 1. The molecule has 1 atom stereocenters. The largest absolute Gasteiger partial charge is 0.494 e. The van der Waals surface area contributed by atoms with Crippen LogP contribution in [0.3, 0.4) is 0 Å². The van der Waals surface area contributed by atoms with Gasteiger partial charge >= 0.3 is 0 Å². The molecular weight excluding hydrogens is 438 g/mol. The third-order valence-electron chi connectivity index (χ3n) is 6.42. The average Bonchev–Trinajstić information content (AvgIpc) is 3.43. The Kier molecular flexibility index (Phi) is 6.70. The first-order valence-corrected chi connectivity index (χ1v) is 12.3. The summed E-state index contributed by atoms with van der Waals surface area (Å²) < 4.78 is 13.8. The number of carbonyl (C=O) groups is 1. The number of benzene rings is 3. The summed E-state index contributed by atoms with van der Waals surface area (Å²) in [5, 5.41) is 0. The number of anilines is 1. The molecule has 1 aliphatic rings. The van der Waals surface area contributed by atoms with Crippen molar-refractivity contribution in [3.8, 4) is 11.5 Å². The van der Waals surface area contributed by atoms with Crippen molar-refractivity contribution >= 4 is 22.6 Å². The third kappa shape index (κ3) is 5.02. The van der Waals surface area contributed by atoms with Crippen molar-refractivity contribution in [2.75, 3.05) is 24.7 Å². The Balaban J connectivity index is 1.32. The van der Waals surface area contributed by atoms with Crippen molar-refractivity contribution in [1.29, 1.82) is 0 Å². The summed E-state index contributed by atoms with van der Waals surface area (Å²) in [6, 6.07) is 24.1. The van der Waals surface area contributed by atoms with E-state index in [1.54, 1.807) is 0 Å². The van der Waals surface area contributed by atoms with Crippen molar-refractivity contribution in [1.82, 2.24) is 9.55 Å². The minimum Gasteiger partial charge on any atom is -0.494 e. The molecule has 1 aliphatic heterocycles. The molecule has 0 spiro atoms. The molecule has 0 saturated carbocycles. The zero-order valence-corrected chi connectivity index (χ0v) is 20.3. The van der Waals surface area contributed by atoms with E-state index in [1.165, 1.54) is 5.56 Å². The molecule has 4 aromatic rings. The smallest absolute Gasteiger partial charge is 0.227 e. The highest BCUT2D eigenvalue weighted by Crippen LogP contribution is 2.34. The zero-order valence-electron chi connectivity index (χ0n) is 20.3. The van der Waals surface area contributed by atoms with Gasteiger partial charge in [-0.2, -0.15) is 0 Å². The predicted octanol–water partition coefficient (Wildman–Crippen LogP) is 5.73. The first-order chi connectivity index (χ1) is 17.1. The Labute approximate surface area is 206 Å². The number of fused-ring (bicyclic) bond motifs is 1. The molecular formula is C29H31N3O3. The van der Waals surface area contributed by atoms with E-state index in [1.807, 2.05) is 66.4 Å². The van der Waals surface area contributed by atoms with Crippen LogP contribution >= 0.6 is 0 Å². The van der Waals surface area contributed by atoms with E-state index >= 15 is 0 Å². The molecule has 2 heterocycles. The van der Waals surface area contributed by atoms with E-state index in [4.69, 9.17) is 14.5 Å². The number of nitrogens with zero attached hydrogens (tertiary/aromatic N) is 3. The fourth-order valence-corrected chi connectivity index (χ4v) is 4.78. The van der Waals surface area contributed by atoms with Crippen LogP contribution in [-0.4, -0.2) is 35.2 Å². The van der Waals surface area contributed by atoms with Crippen LogP contribution < -0.4 is 14.4 Å². The molecule has 6 heteroatoms. The van der Waals surface area contributed by atoms with Gasteiger partial charge in [0, 0.05) is 31.1 Å². The minimum atomic E-state index is 0.0409. The number of aromatic nitrogens is 2. The van der Waals surface area contributed by atoms with Crippen molar-refractivity contribution in [2.45, 2.75) is 39.2 Å². The van der Waals surface area contributed by atoms with E-state index in [-0.39, 0.29) is 11.8 Å². The number of para-hydroxylation sites is 2. The monoisotopic (exact) mass is 469 g/mol. The normalized spacial score (nSPS) is 15.7. The average molecular weight is 470 g/mol. The summed E-state index contributed by atoms with van der Waals surface area (Å²) >= 11 is 0. The van der Waals surface area contributed by atoms with Gasteiger partial charge in [-0.3, -0.25) is 4.79 Å². The van der Waals surface area contributed by atoms with Crippen molar-refractivity contribution in [3.05, 3.63) is 84.2 Å². The van der Waals surface area contributed by atoms with Gasteiger partial charge in [0.25, 0.3) is 0 Å². The van der Waals surface area contributed by atoms with Gasteiger partial charge in [0.1, 0.15) is 17.3 Å². The summed E-state index contributed by atoms with van der Waals surface area (Å²) in [6.07, 6.45) is 1.31. The molecule has 1 amide bonds. The SMILES string of the molecule is CCOc1ccc(N2CC(c3nc4ccccc4n3CCCOc3cccc(C)c3)CC2=O)cc1. The number of rotatable bonds is 9. The van der Waals surface area contributed by atoms with Crippen molar-refractivity contribution < 1.29 is 14.3 Å². The maximum atomic E-state index is 13.0. The van der Waals surface area contributed by atoms with Gasteiger partial charge in [-0.05, 0) is 74.4 Å². The minimum absolute atomic E-state index is 0.0409. The highest BCUT2D eigenvalue weighted by atomic mass is 16.5. The first kappa shape index (κ1) is 23.0. The molecule has 1 aromatic heterocycles. The summed E-state index contributed by atoms with van der Waals surface area (Å²) in [5.74, 6) is 2.85. The second-order valence-electron chi connectivity index (χ2n) is 8.96. The van der Waals surface area contributed by atoms with Crippen LogP contribution in [0.4, 0.5) is 5.69 Å². The summed E-state index contributed by atoms with van der Waals surface area (Å²) in [6.45, 7) is 6.68. The molecule has 3 aromatic carbocycles. The fraction of sp³-hybridized carbons (Fsp3) is 0.310. The van der Waals surface area contributed by atoms with Crippen LogP contribution in [0.5, 0.6) is 11.5 Å². The zero-order chi connectivity index (χ0) is 24.2. The van der Waals surface area contributed by atoms with Gasteiger partial charge in [0.2, 0.25) is 5.91 Å². The summed E-state index contributed by atoms with van der Waals surface area (Å²) in [7, 11) is 0. The number of ether oxygens (including phenoxy) is 2. The van der Waals surface area contributed by atoms with E-state index in [0.29, 0.717) is 26.2 Å². The molecule has 1 unspecified atom stereocenters. The number of imidazole rings is 1. The molecule has 1 fully saturated rings. The lowest BCUT2D eigenvalue weighted by Crippen LogP contribution is -2.24. The van der Waals surface area contributed by atoms with Gasteiger partial charge in [0.15, 0.2) is 0 Å². The molecule has 5 rings (SSSR count). The van der Waals surface area contributed by atoms with E-state index in [9.17, 15) is 4.79 Å². The maximum Gasteiger partial charge on any atom is 0.227 e. The fourth-order valence-electron chi connectivity index (χ4n) is 4.78. The Hall–Kier alpha value is -3.80. The molecule has 35 heavy (non-hydrogen) atoms. The van der Waals surface area contributed by atoms with Crippen LogP contribution in [0.1, 0.15) is 37.1 Å². The lowest BCUT2D eigenvalue weighted by atomic mass is 10.1. The second-order valence-corrected chi connectivity index (χ2v) is 8.96. The Morgan fingerprint density at radius 3 is 2.60 bits per heavy atom. The molecule has 0 radical (unpaired) electrons. The highest BCUT2D eigenvalue weighted by Gasteiger charge is 2.34. The predicted molar refractivity (Wildman–Crippen MR) is 138 cm³/mol. The van der Waals surface area contributed by atoms with Crippen LogP contribution in [0.25, 0.3) is 11.0 Å². The lowest BCUT2D eigenvalue weighted by Gasteiger charge is -2.18. The third-order valence-corrected chi connectivity index (χ3v) is 6.42. The van der Waals surface area contributed by atoms with Crippen LogP contribution in [0.2, 0.25) is 0 Å². The Morgan fingerprint density at radius 1 is 0.971 bits per heavy atom. The molecule has 6 nitrogen and oxygen atoms in total. The number of carbonyl (C=O) groups excluding carboxylic acids is 1. The lowest BCUT2D eigenvalue weighted by molar-refractivity contribution is -0.117. The van der Waals surface area contributed by atoms with E-state index < -0.39 is 0 Å². The molecule has 0 N–H and O–H groups in total. The number of aryl methyl sites for hydroxylation is 2. The molecule has 180 valence electrons. The molecule has 0 aliphatic carbocycles. The van der Waals surface area contributed by atoms with Gasteiger partial charge in [0.05, 0.1) is 24.2 Å². The summed E-state index contributed by atoms with van der Waals surface area (Å²) in [4.78, 5) is 19.8. The van der Waals surface area contributed by atoms with Gasteiger partial charge in [-0.15, -0.1) is 0 Å². The number of hydrogen-bond acceptors (Lipinski definition) is 4. The molecule has 0 bridgehead atoms. The van der Waals surface area contributed by atoms with E-state index in [0.717, 1.165) is 47.0 Å². The topological polar surface area (TPSA) is 56.6 Å². The Bertz CT molecular complexity index is 1310. The van der Waals surface area contributed by atoms with Crippen LogP contribution in [0, 0.1) is 6.92 Å². The molecule has 1 saturated heterocycles. The Morgan fingerprint density at radius 2 is 1.80 bits per heavy atom.